The highest BCUT2D eigenvalue weighted by Crippen LogP contribution is 2.26. The minimum Gasteiger partial charge on any atom is -0.349 e. The molecule has 1 aliphatic heterocycles. The zero-order valence-electron chi connectivity index (χ0n) is 15.5. The van der Waals surface area contributed by atoms with Crippen LogP contribution in [0.2, 0.25) is 0 Å². The number of nitrogens with two attached hydrogens (primary N) is 1. The predicted molar refractivity (Wildman–Crippen MR) is 105 cm³/mol. The summed E-state index contributed by atoms with van der Waals surface area (Å²) in [6.45, 7) is 4.72. The van der Waals surface area contributed by atoms with Gasteiger partial charge in [-0.05, 0) is 24.5 Å². The fourth-order valence-electron chi connectivity index (χ4n) is 2.56. The van der Waals surface area contributed by atoms with E-state index < -0.39 is 10.0 Å². The number of benzene rings is 1. The molecule has 0 saturated carbocycles. The van der Waals surface area contributed by atoms with Crippen LogP contribution in [-0.4, -0.2) is 63.2 Å². The molecule has 0 radical (unpaired) electrons. The summed E-state index contributed by atoms with van der Waals surface area (Å²) in [5, 5.41) is 0. The fourth-order valence-corrected chi connectivity index (χ4v) is 3.81. The average molecular weight is 403 g/mol. The number of carbonyl (C=O) groups excluding carboxylic acids is 1. The molecular weight excluding hydrogens is 376 g/mol. The summed E-state index contributed by atoms with van der Waals surface area (Å²) >= 11 is 0. The standard InChI is InChI=1S/C17H26N4O3S.ClH/c1-12(2)14(18)9-10-20(3)16(22)11-21(4)17-13-7-5-6-8-15(13)25(23,24)19-17;/h5-8,12,14H,9-11,18H2,1-4H3;1H. The quantitative estimate of drug-likeness (QED) is 0.774. The van der Waals surface area contributed by atoms with Crippen molar-refractivity contribution in [3.63, 3.8) is 0 Å². The second-order valence-corrected chi connectivity index (χ2v) is 8.33. The van der Waals surface area contributed by atoms with E-state index in [2.05, 4.69) is 18.2 Å². The van der Waals surface area contributed by atoms with Crippen LogP contribution in [0.25, 0.3) is 0 Å². The van der Waals surface area contributed by atoms with E-state index in [1.807, 2.05) is 0 Å². The van der Waals surface area contributed by atoms with Crippen LogP contribution in [0, 0.1) is 5.92 Å². The van der Waals surface area contributed by atoms with Gasteiger partial charge in [0, 0.05) is 32.2 Å². The van der Waals surface area contributed by atoms with Crippen LogP contribution in [-0.2, 0) is 14.8 Å². The average Bonchev–Trinajstić information content (AvgIpc) is 2.84. The van der Waals surface area contributed by atoms with Crippen LogP contribution in [0.1, 0.15) is 25.8 Å². The Hall–Kier alpha value is -1.64. The Morgan fingerprint density at radius 2 is 1.85 bits per heavy atom. The maximum Gasteiger partial charge on any atom is 0.285 e. The highest BCUT2D eigenvalue weighted by atomic mass is 35.5. The lowest BCUT2D eigenvalue weighted by Crippen LogP contribution is -2.41. The monoisotopic (exact) mass is 402 g/mol. The molecule has 1 aliphatic rings. The van der Waals surface area contributed by atoms with Crippen molar-refractivity contribution < 1.29 is 13.2 Å². The highest BCUT2D eigenvalue weighted by Gasteiger charge is 2.31. The Bertz CT molecular complexity index is 780. The Balaban J connectivity index is 0.00000338. The second kappa shape index (κ2) is 8.83. The molecule has 0 aliphatic carbocycles. The van der Waals surface area contributed by atoms with Crippen molar-refractivity contribution in [2.75, 3.05) is 27.2 Å². The molecule has 2 N–H and O–H groups in total. The van der Waals surface area contributed by atoms with Crippen molar-refractivity contribution >= 4 is 34.2 Å². The van der Waals surface area contributed by atoms with Gasteiger partial charge in [0.25, 0.3) is 10.0 Å². The van der Waals surface area contributed by atoms with Crippen molar-refractivity contribution in [2.45, 2.75) is 31.2 Å². The van der Waals surface area contributed by atoms with E-state index in [0.29, 0.717) is 23.9 Å². The Morgan fingerprint density at radius 1 is 1.23 bits per heavy atom. The maximum atomic E-state index is 12.4. The van der Waals surface area contributed by atoms with Gasteiger partial charge in [-0.15, -0.1) is 16.8 Å². The predicted octanol–water partition coefficient (Wildman–Crippen LogP) is 1.32. The lowest BCUT2D eigenvalue weighted by Gasteiger charge is -2.25. The molecule has 1 atom stereocenters. The van der Waals surface area contributed by atoms with Crippen molar-refractivity contribution in [1.29, 1.82) is 0 Å². The molecule has 7 nitrogen and oxygen atoms in total. The number of likely N-dealkylation sites (N-methyl/N-ethyl adjacent to an activating group) is 2. The van der Waals surface area contributed by atoms with E-state index >= 15 is 0 Å². The van der Waals surface area contributed by atoms with Crippen LogP contribution < -0.4 is 5.73 Å². The molecule has 1 amide bonds. The second-order valence-electron chi connectivity index (χ2n) is 6.75. The largest absolute Gasteiger partial charge is 0.349 e. The summed E-state index contributed by atoms with van der Waals surface area (Å²) in [7, 11) is -0.287. The zero-order valence-corrected chi connectivity index (χ0v) is 17.2. The molecule has 1 aromatic carbocycles. The Labute approximate surface area is 161 Å². The van der Waals surface area contributed by atoms with Gasteiger partial charge in [-0.3, -0.25) is 4.79 Å². The number of hydrogen-bond donors (Lipinski definition) is 1. The maximum absolute atomic E-state index is 12.4. The molecule has 9 heteroatoms. The first-order valence-corrected chi connectivity index (χ1v) is 9.72. The van der Waals surface area contributed by atoms with Gasteiger partial charge in [0.1, 0.15) is 4.90 Å². The van der Waals surface area contributed by atoms with Gasteiger partial charge in [0.2, 0.25) is 5.91 Å². The summed E-state index contributed by atoms with van der Waals surface area (Å²) in [4.78, 5) is 15.8. The zero-order chi connectivity index (χ0) is 18.8. The summed E-state index contributed by atoms with van der Waals surface area (Å²) < 4.78 is 28.0. The first-order valence-electron chi connectivity index (χ1n) is 8.28. The van der Waals surface area contributed by atoms with E-state index in [1.165, 1.54) is 6.07 Å². The molecule has 0 aromatic heterocycles. The molecule has 146 valence electrons. The molecule has 1 aromatic rings. The smallest absolute Gasteiger partial charge is 0.285 e. The number of hydrogen-bond acceptors (Lipinski definition) is 5. The van der Waals surface area contributed by atoms with Crippen molar-refractivity contribution in [3.8, 4) is 0 Å². The summed E-state index contributed by atoms with van der Waals surface area (Å²) in [6, 6.07) is 6.68. The first kappa shape index (κ1) is 22.4. The fraction of sp³-hybridized carbons (Fsp3) is 0.529. The topological polar surface area (TPSA) is 96.1 Å². The lowest BCUT2D eigenvalue weighted by molar-refractivity contribution is -0.130. The molecule has 0 fully saturated rings. The van der Waals surface area contributed by atoms with Gasteiger partial charge in [-0.2, -0.15) is 8.42 Å². The van der Waals surface area contributed by atoms with E-state index in [-0.39, 0.29) is 35.8 Å². The van der Waals surface area contributed by atoms with E-state index in [1.54, 1.807) is 42.1 Å². The molecule has 26 heavy (non-hydrogen) atoms. The van der Waals surface area contributed by atoms with Crippen LogP contribution in [0.15, 0.2) is 33.6 Å². The summed E-state index contributed by atoms with van der Waals surface area (Å²) in [5.74, 6) is 0.555. The van der Waals surface area contributed by atoms with E-state index in [0.717, 1.165) is 6.42 Å². The minimum absolute atomic E-state index is 0. The molecule has 0 spiro atoms. The third-order valence-corrected chi connectivity index (χ3v) is 5.75. The van der Waals surface area contributed by atoms with Crippen LogP contribution >= 0.6 is 12.4 Å². The van der Waals surface area contributed by atoms with Crippen LogP contribution in [0.4, 0.5) is 0 Å². The van der Waals surface area contributed by atoms with Gasteiger partial charge in [-0.25, -0.2) is 0 Å². The van der Waals surface area contributed by atoms with E-state index in [9.17, 15) is 13.2 Å². The van der Waals surface area contributed by atoms with Gasteiger partial charge in [-0.1, -0.05) is 26.0 Å². The van der Waals surface area contributed by atoms with Gasteiger partial charge < -0.3 is 15.5 Å². The Kier molecular flexibility index (Phi) is 7.61. The van der Waals surface area contributed by atoms with Crippen molar-refractivity contribution in [2.24, 2.45) is 16.0 Å². The molecule has 2 rings (SSSR count). The van der Waals surface area contributed by atoms with Crippen molar-refractivity contribution in [3.05, 3.63) is 29.8 Å². The van der Waals surface area contributed by atoms with Gasteiger partial charge >= 0.3 is 0 Å². The third kappa shape index (κ3) is 4.96. The minimum atomic E-state index is -3.68. The highest BCUT2D eigenvalue weighted by molar-refractivity contribution is 7.90. The summed E-state index contributed by atoms with van der Waals surface area (Å²) in [5.41, 5.74) is 6.54. The summed E-state index contributed by atoms with van der Waals surface area (Å²) in [6.07, 6.45) is 0.724. The number of amidine groups is 1. The van der Waals surface area contributed by atoms with Gasteiger partial charge in [0.05, 0.1) is 6.54 Å². The third-order valence-electron chi connectivity index (χ3n) is 4.43. The van der Waals surface area contributed by atoms with E-state index in [4.69, 9.17) is 5.73 Å². The molecule has 1 unspecified atom stereocenters. The number of rotatable bonds is 6. The molecule has 1 heterocycles. The number of carbonyl (C=O) groups is 1. The number of nitrogens with zero attached hydrogens (tertiary/aromatic N) is 3. The van der Waals surface area contributed by atoms with Crippen LogP contribution in [0.5, 0.6) is 0 Å². The number of halogens is 1. The SMILES string of the molecule is CC(C)C(N)CCN(C)C(=O)CN(C)C1=NS(=O)(=O)c2ccccc21.Cl. The number of amides is 1. The van der Waals surface area contributed by atoms with Crippen molar-refractivity contribution in [1.82, 2.24) is 9.80 Å². The van der Waals surface area contributed by atoms with Gasteiger partial charge in [0.15, 0.2) is 5.84 Å². The molecular formula is C17H27ClN4O3S. The normalized spacial score (nSPS) is 15.7. The van der Waals surface area contributed by atoms with Crippen LogP contribution in [0.3, 0.4) is 0 Å². The Morgan fingerprint density at radius 3 is 2.46 bits per heavy atom. The molecule has 0 saturated heterocycles. The molecule has 0 bridgehead atoms. The number of fused-ring (bicyclic) bond motifs is 1. The first-order chi connectivity index (χ1) is 11.6. The lowest BCUT2D eigenvalue weighted by atomic mass is 10.0. The number of sulfonamides is 1.